The van der Waals surface area contributed by atoms with E-state index in [1.807, 2.05) is 30.3 Å². The monoisotopic (exact) mass is 605 g/mol. The lowest BCUT2D eigenvalue weighted by Crippen LogP contribution is -2.58. The third-order valence-corrected chi connectivity index (χ3v) is 7.99. The molecule has 2 aromatic rings. The zero-order valence-corrected chi connectivity index (χ0v) is 26.0. The summed E-state index contributed by atoms with van der Waals surface area (Å²) < 4.78 is 60.1. The van der Waals surface area contributed by atoms with E-state index in [0.29, 0.717) is 17.9 Å². The van der Waals surface area contributed by atoms with Crippen LogP contribution in [0, 0.1) is 5.82 Å². The highest BCUT2D eigenvalue weighted by Gasteiger charge is 2.49. The zero-order valence-electron chi connectivity index (χ0n) is 25.2. The first-order valence-electron chi connectivity index (χ1n) is 13.6. The Bertz CT molecular complexity index is 1370. The number of guanidine groups is 1. The molecular formula is C30H40FN3O7S. The van der Waals surface area contributed by atoms with Crippen LogP contribution in [0.1, 0.15) is 65.5 Å². The summed E-state index contributed by atoms with van der Waals surface area (Å²) in [6.07, 6.45) is -2.03. The number of rotatable bonds is 7. The van der Waals surface area contributed by atoms with Gasteiger partial charge in [0.05, 0.1) is 12.4 Å². The Morgan fingerprint density at radius 1 is 0.952 bits per heavy atom. The highest BCUT2D eigenvalue weighted by Crippen LogP contribution is 2.39. The summed E-state index contributed by atoms with van der Waals surface area (Å²) in [5, 5.41) is 0. The molecule has 42 heavy (non-hydrogen) atoms. The Kier molecular flexibility index (Phi) is 10.0. The van der Waals surface area contributed by atoms with Crippen LogP contribution in [-0.2, 0) is 36.4 Å². The summed E-state index contributed by atoms with van der Waals surface area (Å²) in [6.45, 7) is 10.2. The quantitative estimate of drug-likeness (QED) is 0.365. The molecule has 230 valence electrons. The third-order valence-electron chi connectivity index (χ3n) is 6.15. The van der Waals surface area contributed by atoms with Crippen molar-refractivity contribution in [2.24, 2.45) is 4.99 Å². The van der Waals surface area contributed by atoms with Gasteiger partial charge in [0.2, 0.25) is 16.0 Å². The van der Waals surface area contributed by atoms with E-state index < -0.39 is 56.5 Å². The van der Waals surface area contributed by atoms with Gasteiger partial charge in [0.15, 0.2) is 0 Å². The number of amides is 2. The van der Waals surface area contributed by atoms with Gasteiger partial charge in [-0.3, -0.25) is 0 Å². The topological polar surface area (TPSA) is 115 Å². The van der Waals surface area contributed by atoms with Gasteiger partial charge < -0.3 is 14.2 Å². The molecule has 2 amide bonds. The number of nitrogens with zero attached hydrogens (tertiary/aromatic N) is 3. The lowest BCUT2D eigenvalue weighted by molar-refractivity contribution is 0.0132. The predicted molar refractivity (Wildman–Crippen MR) is 157 cm³/mol. The fraction of sp³-hybridized carbons (Fsp3) is 0.500. The zero-order chi connectivity index (χ0) is 31.3. The minimum atomic E-state index is -4.23. The van der Waals surface area contributed by atoms with E-state index in [9.17, 15) is 18.0 Å². The maximum absolute atomic E-state index is 15.3. The first-order chi connectivity index (χ1) is 19.4. The van der Waals surface area contributed by atoms with E-state index in [2.05, 4.69) is 4.99 Å². The molecule has 1 atom stereocenters. The number of carbonyl (C=O) groups is 2. The van der Waals surface area contributed by atoms with E-state index in [-0.39, 0.29) is 18.6 Å². The molecule has 0 radical (unpaired) electrons. The highest BCUT2D eigenvalue weighted by atomic mass is 32.2. The molecule has 12 heteroatoms. The number of aliphatic imine (C=N–C) groups is 1. The van der Waals surface area contributed by atoms with Crippen LogP contribution < -0.4 is 0 Å². The molecule has 0 aliphatic carbocycles. The van der Waals surface area contributed by atoms with Crippen molar-refractivity contribution in [3.05, 3.63) is 71.5 Å². The van der Waals surface area contributed by atoms with Crippen LogP contribution in [0.5, 0.6) is 0 Å². The molecule has 0 N–H and O–H groups in total. The van der Waals surface area contributed by atoms with Crippen molar-refractivity contribution >= 4 is 28.2 Å². The second kappa shape index (κ2) is 12.8. The van der Waals surface area contributed by atoms with Crippen molar-refractivity contribution in [2.75, 3.05) is 19.4 Å². The minimum absolute atomic E-state index is 0.00978. The van der Waals surface area contributed by atoms with Crippen LogP contribution in [0.2, 0.25) is 0 Å². The van der Waals surface area contributed by atoms with Crippen LogP contribution in [0.15, 0.2) is 59.6 Å². The first kappa shape index (κ1) is 33.0. The van der Waals surface area contributed by atoms with Crippen LogP contribution in [0.4, 0.5) is 14.0 Å². The molecule has 1 unspecified atom stereocenters. The van der Waals surface area contributed by atoms with Crippen molar-refractivity contribution in [2.45, 2.75) is 77.7 Å². The van der Waals surface area contributed by atoms with Gasteiger partial charge in [-0.25, -0.2) is 31.7 Å². The summed E-state index contributed by atoms with van der Waals surface area (Å²) >= 11 is 0. The van der Waals surface area contributed by atoms with Crippen molar-refractivity contribution in [3.8, 4) is 0 Å². The SMILES string of the molecule is CN1C(N(C(=O)OC(C)(C)C)C(=O)OC(C)(C)C)=NC(CCCOCc2ccccc2)(c2ccccc2F)CS1(=O)=O. The number of sulfonamides is 1. The highest BCUT2D eigenvalue weighted by molar-refractivity contribution is 7.89. The summed E-state index contributed by atoms with van der Waals surface area (Å²) in [5.41, 5.74) is -2.79. The standard InChI is InChI=1S/C30H40FN3O7S/c1-28(2,3)40-26(35)34(27(36)41-29(4,5)6)25-32-30(21-42(37,38)33(25)7,23-16-11-12-17-24(23)31)18-13-19-39-20-22-14-9-8-10-15-22/h8-12,14-17H,13,18-21H2,1-7H3. The van der Waals surface area contributed by atoms with Gasteiger partial charge in [0.25, 0.3) is 0 Å². The lowest BCUT2D eigenvalue weighted by Gasteiger charge is -2.40. The number of carbonyl (C=O) groups excluding carboxylic acids is 2. The van der Waals surface area contributed by atoms with Crippen molar-refractivity contribution in [1.29, 1.82) is 0 Å². The van der Waals surface area contributed by atoms with Crippen LogP contribution in [0.3, 0.4) is 0 Å². The number of hydrogen-bond acceptors (Lipinski definition) is 8. The Hall–Kier alpha value is -3.51. The fourth-order valence-electron chi connectivity index (χ4n) is 4.33. The normalized spacial score (nSPS) is 18.7. The molecule has 0 bridgehead atoms. The first-order valence-corrected chi connectivity index (χ1v) is 15.2. The maximum Gasteiger partial charge on any atom is 0.427 e. The maximum atomic E-state index is 15.3. The van der Waals surface area contributed by atoms with Gasteiger partial charge in [0.1, 0.15) is 22.6 Å². The van der Waals surface area contributed by atoms with Gasteiger partial charge in [-0.1, -0.05) is 48.5 Å². The van der Waals surface area contributed by atoms with E-state index in [4.69, 9.17) is 14.2 Å². The number of imide groups is 1. The van der Waals surface area contributed by atoms with Gasteiger partial charge in [-0.05, 0) is 66.0 Å². The molecule has 2 aromatic carbocycles. The summed E-state index contributed by atoms with van der Waals surface area (Å²) in [7, 11) is -3.06. The third kappa shape index (κ3) is 8.51. The summed E-state index contributed by atoms with van der Waals surface area (Å²) in [4.78, 5) is 31.9. The smallest absolute Gasteiger partial charge is 0.427 e. The average molecular weight is 606 g/mol. The summed E-state index contributed by atoms with van der Waals surface area (Å²) in [6, 6.07) is 15.2. The Morgan fingerprint density at radius 2 is 1.50 bits per heavy atom. The molecule has 0 saturated carbocycles. The van der Waals surface area contributed by atoms with E-state index >= 15 is 4.39 Å². The number of hydrogen-bond donors (Lipinski definition) is 0. The molecule has 1 aliphatic heterocycles. The summed E-state index contributed by atoms with van der Waals surface area (Å²) in [5.74, 6) is -1.83. The Balaban J connectivity index is 2.09. The molecule has 10 nitrogen and oxygen atoms in total. The van der Waals surface area contributed by atoms with Crippen molar-refractivity contribution in [3.63, 3.8) is 0 Å². The minimum Gasteiger partial charge on any atom is -0.443 e. The Morgan fingerprint density at radius 3 is 2.05 bits per heavy atom. The van der Waals surface area contributed by atoms with Crippen LogP contribution in [0.25, 0.3) is 0 Å². The predicted octanol–water partition coefficient (Wildman–Crippen LogP) is 5.82. The number of benzene rings is 2. The van der Waals surface area contributed by atoms with Gasteiger partial charge >= 0.3 is 12.2 Å². The molecule has 0 spiro atoms. The van der Waals surface area contributed by atoms with Crippen molar-refractivity contribution < 1.29 is 36.6 Å². The number of halogens is 1. The molecular weight excluding hydrogens is 565 g/mol. The molecule has 1 aliphatic rings. The van der Waals surface area contributed by atoms with Gasteiger partial charge in [-0.2, -0.15) is 0 Å². The second-order valence-electron chi connectivity index (χ2n) is 12.1. The molecule has 0 saturated heterocycles. The van der Waals surface area contributed by atoms with Gasteiger partial charge in [0, 0.05) is 19.2 Å². The molecule has 0 fully saturated rings. The largest absolute Gasteiger partial charge is 0.443 e. The lowest BCUT2D eigenvalue weighted by atomic mass is 9.87. The van der Waals surface area contributed by atoms with Crippen molar-refractivity contribution in [1.82, 2.24) is 9.21 Å². The fourth-order valence-corrected chi connectivity index (χ4v) is 5.86. The van der Waals surface area contributed by atoms with Gasteiger partial charge in [-0.15, -0.1) is 4.90 Å². The van der Waals surface area contributed by atoms with E-state index in [1.54, 1.807) is 47.6 Å². The number of ether oxygens (including phenoxy) is 3. The average Bonchev–Trinajstić information content (AvgIpc) is 2.85. The second-order valence-corrected chi connectivity index (χ2v) is 14.1. The van der Waals surface area contributed by atoms with Crippen LogP contribution in [-0.4, -0.2) is 66.4 Å². The molecule has 0 aromatic heterocycles. The Labute approximate surface area is 247 Å². The molecule has 1 heterocycles. The van der Waals surface area contributed by atoms with Crippen LogP contribution >= 0.6 is 0 Å². The molecule has 3 rings (SSSR count). The van der Waals surface area contributed by atoms with E-state index in [1.165, 1.54) is 25.2 Å². The van der Waals surface area contributed by atoms with E-state index in [0.717, 1.165) is 9.87 Å².